The molecule has 1 atom stereocenters. The summed E-state index contributed by atoms with van der Waals surface area (Å²) in [6.07, 6.45) is 1.25. The fourth-order valence-electron chi connectivity index (χ4n) is 3.21. The number of rotatable bonds is 4. The Hall–Kier alpha value is -2.73. The quantitative estimate of drug-likeness (QED) is 0.658. The Bertz CT molecular complexity index is 987. The van der Waals surface area contributed by atoms with Gasteiger partial charge in [-0.1, -0.05) is 35.8 Å². The van der Waals surface area contributed by atoms with Gasteiger partial charge >= 0.3 is 0 Å². The zero-order valence-corrected chi connectivity index (χ0v) is 15.4. The normalized spacial score (nSPS) is 16.9. The molecule has 0 aliphatic carbocycles. The van der Waals surface area contributed by atoms with Crippen LogP contribution in [0, 0.1) is 5.82 Å². The lowest BCUT2D eigenvalue weighted by Crippen LogP contribution is -2.24. The molecule has 3 aromatic rings. The third-order valence-corrected chi connectivity index (χ3v) is 5.08. The van der Waals surface area contributed by atoms with Crippen molar-refractivity contribution >= 4 is 23.2 Å². The van der Waals surface area contributed by atoms with Gasteiger partial charge in [0.15, 0.2) is 5.82 Å². The van der Waals surface area contributed by atoms with Crippen LogP contribution in [0.3, 0.4) is 0 Å². The maximum absolute atomic E-state index is 13.5. The topological polar surface area (TPSA) is 59.2 Å². The van der Waals surface area contributed by atoms with Gasteiger partial charge in [0.05, 0.1) is 10.6 Å². The number of aryl methyl sites for hydroxylation is 1. The standard InChI is InChI=1S/C20H17ClFN3O2/c1-2-12-3-6-15(7-4-12)25-11-13(9-18(25)26)19-23-20(27-24-19)16-10-14(22)5-8-17(16)21/h3-8,10,13H,2,9,11H2,1H3. The van der Waals surface area contributed by atoms with E-state index in [2.05, 4.69) is 17.1 Å². The van der Waals surface area contributed by atoms with Gasteiger partial charge < -0.3 is 9.42 Å². The van der Waals surface area contributed by atoms with Gasteiger partial charge in [-0.3, -0.25) is 4.79 Å². The van der Waals surface area contributed by atoms with Crippen molar-refractivity contribution in [1.82, 2.24) is 10.1 Å². The molecule has 0 radical (unpaired) electrons. The summed E-state index contributed by atoms with van der Waals surface area (Å²) >= 11 is 6.09. The van der Waals surface area contributed by atoms with Crippen molar-refractivity contribution in [3.63, 3.8) is 0 Å². The summed E-state index contributed by atoms with van der Waals surface area (Å²) in [5, 5.41) is 4.31. The van der Waals surface area contributed by atoms with E-state index < -0.39 is 5.82 Å². The number of benzene rings is 2. The number of halogens is 2. The first-order chi connectivity index (χ1) is 13.0. The van der Waals surface area contributed by atoms with Crippen molar-refractivity contribution in [3.8, 4) is 11.5 Å². The molecular formula is C20H17ClFN3O2. The third kappa shape index (κ3) is 3.45. The van der Waals surface area contributed by atoms with Crippen LogP contribution in [0.1, 0.15) is 30.7 Å². The molecule has 1 aromatic heterocycles. The van der Waals surface area contributed by atoms with E-state index in [0.717, 1.165) is 12.1 Å². The summed E-state index contributed by atoms with van der Waals surface area (Å²) in [5.41, 5.74) is 2.42. The molecule has 27 heavy (non-hydrogen) atoms. The van der Waals surface area contributed by atoms with Crippen LogP contribution in [0.25, 0.3) is 11.5 Å². The van der Waals surface area contributed by atoms with E-state index >= 15 is 0 Å². The van der Waals surface area contributed by atoms with Crippen LogP contribution in [0.15, 0.2) is 47.0 Å². The molecule has 4 rings (SSSR count). The lowest BCUT2D eigenvalue weighted by atomic mass is 10.1. The largest absolute Gasteiger partial charge is 0.334 e. The maximum Gasteiger partial charge on any atom is 0.259 e. The highest BCUT2D eigenvalue weighted by molar-refractivity contribution is 6.33. The Labute approximate surface area is 160 Å². The summed E-state index contributed by atoms with van der Waals surface area (Å²) in [4.78, 5) is 18.5. The van der Waals surface area contributed by atoms with E-state index in [1.165, 1.54) is 23.8 Å². The molecule has 0 saturated carbocycles. The number of carbonyl (C=O) groups is 1. The van der Waals surface area contributed by atoms with Gasteiger partial charge in [0.1, 0.15) is 5.82 Å². The number of aromatic nitrogens is 2. The summed E-state index contributed by atoms with van der Waals surface area (Å²) in [6.45, 7) is 2.56. The van der Waals surface area contributed by atoms with Crippen molar-refractivity contribution < 1.29 is 13.7 Å². The first-order valence-electron chi connectivity index (χ1n) is 8.73. The first-order valence-corrected chi connectivity index (χ1v) is 9.11. The highest BCUT2D eigenvalue weighted by Gasteiger charge is 2.34. The average Bonchev–Trinajstić information content (AvgIpc) is 3.31. The Morgan fingerprint density at radius 2 is 2.04 bits per heavy atom. The van der Waals surface area contributed by atoms with Gasteiger partial charge in [-0.05, 0) is 42.3 Å². The number of carbonyl (C=O) groups excluding carboxylic acids is 1. The molecular weight excluding hydrogens is 369 g/mol. The van der Waals surface area contributed by atoms with Crippen LogP contribution >= 0.6 is 11.6 Å². The SMILES string of the molecule is CCc1ccc(N2CC(c3noc(-c4cc(F)ccc4Cl)n3)CC2=O)cc1. The van der Waals surface area contributed by atoms with Crippen molar-refractivity contribution in [2.75, 3.05) is 11.4 Å². The summed E-state index contributed by atoms with van der Waals surface area (Å²) in [5.74, 6) is -0.0430. The fourth-order valence-corrected chi connectivity index (χ4v) is 3.41. The monoisotopic (exact) mass is 385 g/mol. The van der Waals surface area contributed by atoms with Crippen LogP contribution in [-0.4, -0.2) is 22.6 Å². The number of hydrogen-bond donors (Lipinski definition) is 0. The van der Waals surface area contributed by atoms with E-state index in [1.807, 2.05) is 24.3 Å². The Morgan fingerprint density at radius 1 is 1.26 bits per heavy atom. The van der Waals surface area contributed by atoms with Crippen molar-refractivity contribution in [3.05, 3.63) is 64.7 Å². The van der Waals surface area contributed by atoms with Crippen LogP contribution in [0.2, 0.25) is 5.02 Å². The minimum Gasteiger partial charge on any atom is -0.334 e. The third-order valence-electron chi connectivity index (χ3n) is 4.75. The smallest absolute Gasteiger partial charge is 0.259 e. The minimum atomic E-state index is -0.438. The molecule has 1 aliphatic rings. The molecule has 1 saturated heterocycles. The zero-order valence-electron chi connectivity index (χ0n) is 14.7. The number of anilines is 1. The molecule has 1 aliphatic heterocycles. The Balaban J connectivity index is 1.56. The fraction of sp³-hybridized carbons (Fsp3) is 0.250. The van der Waals surface area contributed by atoms with Gasteiger partial charge in [0, 0.05) is 24.6 Å². The van der Waals surface area contributed by atoms with E-state index in [1.54, 1.807) is 4.90 Å². The van der Waals surface area contributed by atoms with Gasteiger partial charge in [0.2, 0.25) is 5.91 Å². The number of amides is 1. The second-order valence-electron chi connectivity index (χ2n) is 6.51. The molecule has 1 amide bonds. The van der Waals surface area contributed by atoms with E-state index in [9.17, 15) is 9.18 Å². The Kier molecular flexibility index (Phi) is 4.66. The average molecular weight is 386 g/mol. The van der Waals surface area contributed by atoms with E-state index in [4.69, 9.17) is 16.1 Å². The number of hydrogen-bond acceptors (Lipinski definition) is 4. The minimum absolute atomic E-state index is 0.0133. The van der Waals surface area contributed by atoms with Crippen LogP contribution < -0.4 is 4.90 Å². The summed E-state index contributed by atoms with van der Waals surface area (Å²) in [7, 11) is 0. The van der Waals surface area contributed by atoms with Crippen molar-refractivity contribution in [2.24, 2.45) is 0 Å². The number of nitrogens with zero attached hydrogens (tertiary/aromatic N) is 3. The highest BCUT2D eigenvalue weighted by Crippen LogP contribution is 2.33. The summed E-state index contributed by atoms with van der Waals surface area (Å²) < 4.78 is 18.7. The van der Waals surface area contributed by atoms with Crippen LogP contribution in [0.5, 0.6) is 0 Å². The van der Waals surface area contributed by atoms with Gasteiger partial charge in [0.25, 0.3) is 5.89 Å². The molecule has 0 bridgehead atoms. The highest BCUT2D eigenvalue weighted by atomic mass is 35.5. The molecule has 138 valence electrons. The molecule has 1 unspecified atom stereocenters. The van der Waals surface area contributed by atoms with Gasteiger partial charge in [-0.25, -0.2) is 4.39 Å². The van der Waals surface area contributed by atoms with Crippen LogP contribution in [0.4, 0.5) is 10.1 Å². The maximum atomic E-state index is 13.5. The molecule has 5 nitrogen and oxygen atoms in total. The first kappa shape index (κ1) is 17.7. The molecule has 0 N–H and O–H groups in total. The molecule has 7 heteroatoms. The molecule has 2 heterocycles. The van der Waals surface area contributed by atoms with Crippen molar-refractivity contribution in [1.29, 1.82) is 0 Å². The second kappa shape index (κ2) is 7.12. The Morgan fingerprint density at radius 3 is 2.78 bits per heavy atom. The second-order valence-corrected chi connectivity index (χ2v) is 6.91. The zero-order chi connectivity index (χ0) is 19.0. The summed E-state index contributed by atoms with van der Waals surface area (Å²) in [6, 6.07) is 11.9. The van der Waals surface area contributed by atoms with Crippen LogP contribution in [-0.2, 0) is 11.2 Å². The lowest BCUT2D eigenvalue weighted by Gasteiger charge is -2.16. The molecule has 1 fully saturated rings. The lowest BCUT2D eigenvalue weighted by molar-refractivity contribution is -0.117. The molecule has 2 aromatic carbocycles. The van der Waals surface area contributed by atoms with E-state index in [-0.39, 0.29) is 17.7 Å². The predicted octanol–water partition coefficient (Wildman–Crippen LogP) is 4.61. The van der Waals surface area contributed by atoms with Crippen molar-refractivity contribution in [2.45, 2.75) is 25.7 Å². The van der Waals surface area contributed by atoms with Gasteiger partial charge in [-0.15, -0.1) is 0 Å². The predicted molar refractivity (Wildman–Crippen MR) is 100 cm³/mol. The molecule has 0 spiro atoms. The van der Waals surface area contributed by atoms with Gasteiger partial charge in [-0.2, -0.15) is 4.98 Å². The van der Waals surface area contributed by atoms with E-state index in [0.29, 0.717) is 29.4 Å².